The van der Waals surface area contributed by atoms with Gasteiger partial charge in [0.05, 0.1) is 25.4 Å². The van der Waals surface area contributed by atoms with Crippen LogP contribution in [-0.2, 0) is 14.3 Å². The van der Waals surface area contributed by atoms with Crippen molar-refractivity contribution in [2.75, 3.05) is 13.2 Å². The van der Waals surface area contributed by atoms with Crippen LogP contribution in [0.15, 0.2) is 24.3 Å². The monoisotopic (exact) mass is 762 g/mol. The number of aliphatic hydroxyl groups is 2. The average molecular weight is 762 g/mol. The van der Waals surface area contributed by atoms with E-state index < -0.39 is 12.1 Å². The summed E-state index contributed by atoms with van der Waals surface area (Å²) in [6, 6.07) is -0.564. The predicted molar refractivity (Wildman–Crippen MR) is 232 cm³/mol. The molecule has 0 saturated carbocycles. The normalized spacial score (nSPS) is 12.9. The number of ether oxygens (including phenoxy) is 1. The minimum atomic E-state index is -0.683. The molecule has 0 aliphatic rings. The van der Waals surface area contributed by atoms with Gasteiger partial charge in [-0.25, -0.2) is 0 Å². The minimum absolute atomic E-state index is 0.0403. The number of unbranched alkanes of at least 4 members (excludes halogenated alkanes) is 28. The Morgan fingerprint density at radius 3 is 1.31 bits per heavy atom. The number of hydrogen-bond acceptors (Lipinski definition) is 5. The number of rotatable bonds is 43. The minimum Gasteiger partial charge on any atom is -0.466 e. The smallest absolute Gasteiger partial charge is 0.305 e. The third-order valence-electron chi connectivity index (χ3n) is 10.7. The van der Waals surface area contributed by atoms with Gasteiger partial charge in [-0.2, -0.15) is 0 Å². The number of aliphatic hydroxyl groups excluding tert-OH is 2. The molecule has 0 fully saturated rings. The van der Waals surface area contributed by atoms with Crippen molar-refractivity contribution < 1.29 is 24.5 Å². The first-order valence-corrected chi connectivity index (χ1v) is 23.6. The number of amides is 1. The van der Waals surface area contributed by atoms with Crippen LogP contribution in [-0.4, -0.2) is 47.4 Å². The second-order valence-electron chi connectivity index (χ2n) is 16.1. The number of hydrogen-bond donors (Lipinski definition) is 3. The van der Waals surface area contributed by atoms with E-state index in [1.165, 1.54) is 135 Å². The molecule has 0 radical (unpaired) electrons. The Morgan fingerprint density at radius 2 is 0.870 bits per heavy atom. The molecule has 54 heavy (non-hydrogen) atoms. The van der Waals surface area contributed by atoms with Crippen molar-refractivity contribution in [2.24, 2.45) is 0 Å². The molecule has 318 valence electrons. The van der Waals surface area contributed by atoms with Crippen LogP contribution >= 0.6 is 0 Å². The van der Waals surface area contributed by atoms with Gasteiger partial charge in [0.25, 0.3) is 0 Å². The summed E-state index contributed by atoms with van der Waals surface area (Å²) in [5, 5.41) is 23.0. The zero-order valence-electron chi connectivity index (χ0n) is 36.0. The van der Waals surface area contributed by atoms with Gasteiger partial charge in [0.15, 0.2) is 0 Å². The van der Waals surface area contributed by atoms with Gasteiger partial charge in [-0.15, -0.1) is 0 Å². The second-order valence-corrected chi connectivity index (χ2v) is 16.1. The van der Waals surface area contributed by atoms with Gasteiger partial charge in [-0.3, -0.25) is 9.59 Å². The zero-order valence-corrected chi connectivity index (χ0v) is 36.0. The third kappa shape index (κ3) is 40.0. The van der Waals surface area contributed by atoms with Crippen LogP contribution in [0.3, 0.4) is 0 Å². The molecule has 6 heteroatoms. The molecule has 0 spiro atoms. The fourth-order valence-corrected chi connectivity index (χ4v) is 7.04. The average Bonchev–Trinajstić information content (AvgIpc) is 3.17. The van der Waals surface area contributed by atoms with Crippen molar-refractivity contribution in [1.82, 2.24) is 5.32 Å². The largest absolute Gasteiger partial charge is 0.466 e. The molecular weight excluding hydrogens is 671 g/mol. The van der Waals surface area contributed by atoms with E-state index >= 15 is 0 Å². The molecule has 0 aromatic rings. The molecule has 2 atom stereocenters. The summed E-state index contributed by atoms with van der Waals surface area (Å²) < 4.78 is 5.43. The summed E-state index contributed by atoms with van der Waals surface area (Å²) in [4.78, 5) is 24.4. The number of carbonyl (C=O) groups excluding carboxylic acids is 2. The van der Waals surface area contributed by atoms with Crippen molar-refractivity contribution in [1.29, 1.82) is 0 Å². The highest BCUT2D eigenvalue weighted by Gasteiger charge is 2.20. The van der Waals surface area contributed by atoms with Gasteiger partial charge in [0.1, 0.15) is 0 Å². The quantitative estimate of drug-likeness (QED) is 0.0327. The Balaban J connectivity index is 3.50. The van der Waals surface area contributed by atoms with Crippen molar-refractivity contribution in [2.45, 2.75) is 257 Å². The van der Waals surface area contributed by atoms with Gasteiger partial charge in [-0.05, 0) is 77.0 Å². The molecule has 2 unspecified atom stereocenters. The summed E-state index contributed by atoms with van der Waals surface area (Å²) in [5.41, 5.74) is 0. The summed E-state index contributed by atoms with van der Waals surface area (Å²) in [6.07, 6.45) is 50.1. The van der Waals surface area contributed by atoms with Crippen LogP contribution < -0.4 is 5.32 Å². The van der Waals surface area contributed by atoms with E-state index in [0.717, 1.165) is 77.0 Å². The topological polar surface area (TPSA) is 95.9 Å². The van der Waals surface area contributed by atoms with E-state index in [1.807, 2.05) is 0 Å². The number of allylic oxidation sites excluding steroid dienone is 4. The summed E-state index contributed by atoms with van der Waals surface area (Å²) in [6.45, 7) is 4.83. The Kier molecular flexibility index (Phi) is 42.7. The highest BCUT2D eigenvalue weighted by Crippen LogP contribution is 2.15. The lowest BCUT2D eigenvalue weighted by molar-refractivity contribution is -0.143. The number of esters is 1. The SMILES string of the molecule is CCCCCCCCC/C=C\CCCCCCCCCC(=O)OCCCC/C=C\CCCCCCC(=O)NC(CO)C(O)CCCCCCCCCCC. The molecule has 0 heterocycles. The van der Waals surface area contributed by atoms with E-state index in [0.29, 0.717) is 25.9 Å². The molecule has 0 bridgehead atoms. The van der Waals surface area contributed by atoms with Crippen molar-refractivity contribution in [3.05, 3.63) is 24.3 Å². The van der Waals surface area contributed by atoms with E-state index in [9.17, 15) is 19.8 Å². The lowest BCUT2D eigenvalue weighted by atomic mass is 10.0. The van der Waals surface area contributed by atoms with E-state index in [4.69, 9.17) is 4.74 Å². The maximum atomic E-state index is 12.4. The molecule has 0 saturated heterocycles. The first-order valence-electron chi connectivity index (χ1n) is 23.6. The number of carbonyl (C=O) groups is 2. The van der Waals surface area contributed by atoms with Gasteiger partial charge < -0.3 is 20.3 Å². The van der Waals surface area contributed by atoms with E-state index in [2.05, 4.69) is 43.5 Å². The lowest BCUT2D eigenvalue weighted by Crippen LogP contribution is -2.45. The van der Waals surface area contributed by atoms with Crippen LogP contribution in [0.4, 0.5) is 0 Å². The fourth-order valence-electron chi connectivity index (χ4n) is 7.04. The Labute approximate surface area is 335 Å². The standard InChI is InChI=1S/C48H91NO5/c1-3-5-7-9-11-13-14-15-16-17-18-19-20-21-26-30-34-38-42-48(53)54-43-39-35-31-27-23-22-25-29-33-37-41-47(52)49-45(44-50)46(51)40-36-32-28-24-12-10-8-6-4-2/h16-17,23,27,45-46,50-51H,3-15,18-22,24-26,28-44H2,1-2H3,(H,49,52)/b17-16-,27-23-. The van der Waals surface area contributed by atoms with Gasteiger partial charge in [0, 0.05) is 12.8 Å². The molecule has 0 aliphatic heterocycles. The molecule has 1 amide bonds. The highest BCUT2D eigenvalue weighted by atomic mass is 16.5. The van der Waals surface area contributed by atoms with Gasteiger partial charge in [-0.1, -0.05) is 179 Å². The van der Waals surface area contributed by atoms with Crippen LogP contribution in [0.1, 0.15) is 245 Å². The maximum Gasteiger partial charge on any atom is 0.305 e. The molecule has 0 aromatic heterocycles. The highest BCUT2D eigenvalue weighted by molar-refractivity contribution is 5.76. The van der Waals surface area contributed by atoms with Crippen molar-refractivity contribution in [3.63, 3.8) is 0 Å². The fraction of sp³-hybridized carbons (Fsp3) is 0.875. The Bertz CT molecular complexity index is 843. The number of nitrogens with one attached hydrogen (secondary N) is 1. The van der Waals surface area contributed by atoms with Crippen molar-refractivity contribution in [3.8, 4) is 0 Å². The Morgan fingerprint density at radius 1 is 0.500 bits per heavy atom. The van der Waals surface area contributed by atoms with Crippen LogP contribution in [0, 0.1) is 0 Å². The first-order chi connectivity index (χ1) is 26.5. The molecule has 0 aromatic carbocycles. The molecular formula is C48H91NO5. The summed E-state index contributed by atoms with van der Waals surface area (Å²) in [7, 11) is 0. The second kappa shape index (κ2) is 44.1. The summed E-state index contributed by atoms with van der Waals surface area (Å²) >= 11 is 0. The van der Waals surface area contributed by atoms with Crippen LogP contribution in [0.2, 0.25) is 0 Å². The lowest BCUT2D eigenvalue weighted by Gasteiger charge is -2.22. The first kappa shape index (κ1) is 52.3. The predicted octanol–water partition coefficient (Wildman–Crippen LogP) is 13.6. The van der Waals surface area contributed by atoms with Gasteiger partial charge in [0.2, 0.25) is 5.91 Å². The van der Waals surface area contributed by atoms with E-state index in [-0.39, 0.29) is 18.5 Å². The summed E-state index contributed by atoms with van der Waals surface area (Å²) in [5.74, 6) is -0.115. The van der Waals surface area contributed by atoms with Crippen molar-refractivity contribution >= 4 is 11.9 Å². The van der Waals surface area contributed by atoms with E-state index in [1.54, 1.807) is 0 Å². The maximum absolute atomic E-state index is 12.4. The molecule has 0 aliphatic carbocycles. The Hall–Kier alpha value is -1.66. The molecule has 6 nitrogen and oxygen atoms in total. The van der Waals surface area contributed by atoms with Crippen LogP contribution in [0.5, 0.6) is 0 Å². The van der Waals surface area contributed by atoms with Crippen LogP contribution in [0.25, 0.3) is 0 Å². The molecule has 0 rings (SSSR count). The molecule has 3 N–H and O–H groups in total. The van der Waals surface area contributed by atoms with Gasteiger partial charge >= 0.3 is 5.97 Å². The third-order valence-corrected chi connectivity index (χ3v) is 10.7. The zero-order chi connectivity index (χ0) is 39.4.